The first-order chi connectivity index (χ1) is 9.39. The lowest BCUT2D eigenvalue weighted by molar-refractivity contribution is 0.331. The standard InChI is InChI=1S/C15H26N2O2S/c1-4-12(2)15(13-8-6-5-7-9-13)14(17-16)10-11-20(3,18)19/h5-9,12,14-15,17H,4,10-11,16H2,1-3H3. The maximum Gasteiger partial charge on any atom is 0.147 e. The molecule has 0 aromatic heterocycles. The molecule has 0 aliphatic heterocycles. The van der Waals surface area contributed by atoms with Crippen LogP contribution in [0.3, 0.4) is 0 Å². The van der Waals surface area contributed by atoms with Crippen LogP contribution in [0.15, 0.2) is 30.3 Å². The fraction of sp³-hybridized carbons (Fsp3) is 0.600. The number of hydrogen-bond donors (Lipinski definition) is 2. The number of nitrogens with one attached hydrogen (secondary N) is 1. The van der Waals surface area contributed by atoms with Crippen LogP contribution in [0, 0.1) is 5.92 Å². The second-order valence-corrected chi connectivity index (χ2v) is 7.77. The fourth-order valence-electron chi connectivity index (χ4n) is 2.59. The smallest absolute Gasteiger partial charge is 0.147 e. The summed E-state index contributed by atoms with van der Waals surface area (Å²) in [4.78, 5) is 0. The van der Waals surface area contributed by atoms with Gasteiger partial charge < -0.3 is 0 Å². The molecule has 1 aromatic rings. The van der Waals surface area contributed by atoms with Crippen molar-refractivity contribution in [1.82, 2.24) is 5.43 Å². The van der Waals surface area contributed by atoms with Gasteiger partial charge in [0.25, 0.3) is 0 Å². The third-order valence-electron chi connectivity index (χ3n) is 3.89. The third kappa shape index (κ3) is 5.23. The highest BCUT2D eigenvalue weighted by Gasteiger charge is 2.27. The van der Waals surface area contributed by atoms with E-state index in [-0.39, 0.29) is 17.7 Å². The Kier molecular flexibility index (Phi) is 6.65. The van der Waals surface area contributed by atoms with Crippen LogP contribution in [0.4, 0.5) is 0 Å². The Labute approximate surface area is 122 Å². The van der Waals surface area contributed by atoms with Crippen molar-refractivity contribution < 1.29 is 8.42 Å². The molecule has 0 spiro atoms. The van der Waals surface area contributed by atoms with Crippen LogP contribution in [-0.2, 0) is 9.84 Å². The van der Waals surface area contributed by atoms with Crippen LogP contribution in [0.5, 0.6) is 0 Å². The lowest BCUT2D eigenvalue weighted by atomic mass is 9.79. The molecule has 0 saturated heterocycles. The van der Waals surface area contributed by atoms with E-state index in [2.05, 4.69) is 31.4 Å². The first-order valence-electron chi connectivity index (χ1n) is 7.07. The van der Waals surface area contributed by atoms with E-state index in [0.717, 1.165) is 6.42 Å². The zero-order valence-corrected chi connectivity index (χ0v) is 13.4. The average Bonchev–Trinajstić information content (AvgIpc) is 2.42. The summed E-state index contributed by atoms with van der Waals surface area (Å²) in [6.07, 6.45) is 2.82. The highest BCUT2D eigenvalue weighted by atomic mass is 32.2. The Morgan fingerprint density at radius 3 is 2.30 bits per heavy atom. The maximum atomic E-state index is 11.4. The molecule has 5 heteroatoms. The molecule has 20 heavy (non-hydrogen) atoms. The number of sulfone groups is 1. The molecule has 0 heterocycles. The lowest BCUT2D eigenvalue weighted by Gasteiger charge is -2.31. The van der Waals surface area contributed by atoms with Crippen LogP contribution in [0.1, 0.15) is 38.2 Å². The van der Waals surface area contributed by atoms with Gasteiger partial charge in [0.15, 0.2) is 0 Å². The highest BCUT2D eigenvalue weighted by Crippen LogP contribution is 2.31. The Hall–Kier alpha value is -0.910. The SMILES string of the molecule is CCC(C)C(c1ccccc1)C(CCS(C)(=O)=O)NN. The number of benzene rings is 1. The molecule has 3 unspecified atom stereocenters. The van der Waals surface area contributed by atoms with Gasteiger partial charge in [0.05, 0.1) is 5.75 Å². The second kappa shape index (κ2) is 7.76. The van der Waals surface area contributed by atoms with E-state index in [1.54, 1.807) is 0 Å². The van der Waals surface area contributed by atoms with Crippen molar-refractivity contribution in [2.45, 2.75) is 38.6 Å². The fourth-order valence-corrected chi connectivity index (χ4v) is 3.28. The van der Waals surface area contributed by atoms with Crippen molar-refractivity contribution in [3.63, 3.8) is 0 Å². The molecule has 0 amide bonds. The largest absolute Gasteiger partial charge is 0.271 e. The first kappa shape index (κ1) is 17.1. The summed E-state index contributed by atoms with van der Waals surface area (Å²) in [7, 11) is -2.97. The van der Waals surface area contributed by atoms with Crippen molar-refractivity contribution in [2.75, 3.05) is 12.0 Å². The third-order valence-corrected chi connectivity index (χ3v) is 4.87. The normalized spacial score (nSPS) is 16.6. The van der Waals surface area contributed by atoms with Gasteiger partial charge in [0.2, 0.25) is 0 Å². The maximum absolute atomic E-state index is 11.4. The van der Waals surface area contributed by atoms with E-state index >= 15 is 0 Å². The van der Waals surface area contributed by atoms with Crippen LogP contribution < -0.4 is 11.3 Å². The minimum Gasteiger partial charge on any atom is -0.271 e. The molecular formula is C15H26N2O2S. The van der Waals surface area contributed by atoms with E-state index in [0.29, 0.717) is 12.3 Å². The van der Waals surface area contributed by atoms with Crippen LogP contribution in [-0.4, -0.2) is 26.5 Å². The lowest BCUT2D eigenvalue weighted by Crippen LogP contribution is -2.43. The zero-order chi connectivity index (χ0) is 15.2. The van der Waals surface area contributed by atoms with Crippen LogP contribution in [0.2, 0.25) is 0 Å². The quantitative estimate of drug-likeness (QED) is 0.569. The van der Waals surface area contributed by atoms with Crippen molar-refractivity contribution in [3.05, 3.63) is 35.9 Å². The van der Waals surface area contributed by atoms with E-state index in [1.165, 1.54) is 11.8 Å². The molecule has 0 radical (unpaired) electrons. The average molecular weight is 298 g/mol. The minimum absolute atomic E-state index is 0.0397. The predicted molar refractivity (Wildman–Crippen MR) is 84.1 cm³/mol. The van der Waals surface area contributed by atoms with E-state index in [9.17, 15) is 8.42 Å². The van der Waals surface area contributed by atoms with Crippen molar-refractivity contribution in [3.8, 4) is 0 Å². The molecule has 4 nitrogen and oxygen atoms in total. The Morgan fingerprint density at radius 1 is 1.25 bits per heavy atom. The first-order valence-corrected chi connectivity index (χ1v) is 9.14. The molecule has 0 aliphatic rings. The summed E-state index contributed by atoms with van der Waals surface area (Å²) in [6.45, 7) is 4.33. The van der Waals surface area contributed by atoms with Gasteiger partial charge in [-0.25, -0.2) is 8.42 Å². The Balaban J connectivity index is 2.96. The number of rotatable bonds is 8. The van der Waals surface area contributed by atoms with Gasteiger partial charge in [0, 0.05) is 18.2 Å². The zero-order valence-electron chi connectivity index (χ0n) is 12.5. The summed E-state index contributed by atoms with van der Waals surface area (Å²) in [6, 6.07) is 10.1. The Morgan fingerprint density at radius 2 is 1.85 bits per heavy atom. The predicted octanol–water partition coefficient (Wildman–Crippen LogP) is 2.08. The van der Waals surface area contributed by atoms with E-state index < -0.39 is 9.84 Å². The van der Waals surface area contributed by atoms with Gasteiger partial charge in [0.1, 0.15) is 9.84 Å². The van der Waals surface area contributed by atoms with E-state index in [1.807, 2.05) is 18.2 Å². The van der Waals surface area contributed by atoms with Gasteiger partial charge >= 0.3 is 0 Å². The van der Waals surface area contributed by atoms with Crippen molar-refractivity contribution in [1.29, 1.82) is 0 Å². The van der Waals surface area contributed by atoms with Crippen LogP contribution in [0.25, 0.3) is 0 Å². The summed E-state index contributed by atoms with van der Waals surface area (Å²) >= 11 is 0. The topological polar surface area (TPSA) is 72.2 Å². The summed E-state index contributed by atoms with van der Waals surface area (Å²) in [5.41, 5.74) is 4.03. The minimum atomic E-state index is -2.97. The molecule has 0 fully saturated rings. The van der Waals surface area contributed by atoms with Crippen LogP contribution >= 0.6 is 0 Å². The monoisotopic (exact) mass is 298 g/mol. The number of hydrazine groups is 1. The van der Waals surface area contributed by atoms with Gasteiger partial charge in [-0.05, 0) is 17.9 Å². The number of hydrogen-bond acceptors (Lipinski definition) is 4. The van der Waals surface area contributed by atoms with Crippen molar-refractivity contribution in [2.24, 2.45) is 11.8 Å². The van der Waals surface area contributed by atoms with Crippen molar-refractivity contribution >= 4 is 9.84 Å². The molecule has 0 saturated carbocycles. The molecule has 3 atom stereocenters. The molecule has 1 rings (SSSR count). The Bertz CT molecular complexity index is 488. The van der Waals surface area contributed by atoms with Gasteiger partial charge in [-0.15, -0.1) is 0 Å². The van der Waals surface area contributed by atoms with E-state index in [4.69, 9.17) is 5.84 Å². The molecule has 1 aromatic carbocycles. The molecule has 3 N–H and O–H groups in total. The van der Waals surface area contributed by atoms with Gasteiger partial charge in [-0.2, -0.15) is 0 Å². The second-order valence-electron chi connectivity index (χ2n) is 5.51. The molecule has 114 valence electrons. The summed E-state index contributed by atoms with van der Waals surface area (Å²) in [5, 5.41) is 0. The molecular weight excluding hydrogens is 272 g/mol. The molecule has 0 bridgehead atoms. The molecule has 0 aliphatic carbocycles. The highest BCUT2D eigenvalue weighted by molar-refractivity contribution is 7.90. The van der Waals surface area contributed by atoms with Gasteiger partial charge in [-0.3, -0.25) is 11.3 Å². The summed E-state index contributed by atoms with van der Waals surface area (Å²) in [5.74, 6) is 6.49. The van der Waals surface area contributed by atoms with Gasteiger partial charge in [-0.1, -0.05) is 50.6 Å². The summed E-state index contributed by atoms with van der Waals surface area (Å²) < 4.78 is 22.8. The number of nitrogens with two attached hydrogens (primary N) is 1.